The number of carbonyl (C=O) groups is 1. The van der Waals surface area contributed by atoms with E-state index in [1.54, 1.807) is 12.3 Å². The van der Waals surface area contributed by atoms with Crippen LogP contribution in [0.1, 0.15) is 35.5 Å². The van der Waals surface area contributed by atoms with Crippen LogP contribution in [-0.4, -0.2) is 57.5 Å². The Labute approximate surface area is 155 Å². The lowest BCUT2D eigenvalue weighted by molar-refractivity contribution is 0.0290. The highest BCUT2D eigenvalue weighted by Crippen LogP contribution is 2.20. The van der Waals surface area contributed by atoms with Gasteiger partial charge in [-0.25, -0.2) is 0 Å². The van der Waals surface area contributed by atoms with Gasteiger partial charge in [0, 0.05) is 44.5 Å². The number of hydrogen-bond donors (Lipinski definition) is 1. The van der Waals surface area contributed by atoms with Crippen LogP contribution in [0.15, 0.2) is 48.7 Å². The Morgan fingerprint density at radius 2 is 1.73 bits per heavy atom. The molecule has 0 saturated carbocycles. The van der Waals surface area contributed by atoms with E-state index in [2.05, 4.69) is 59.0 Å². The van der Waals surface area contributed by atoms with Crippen LogP contribution < -0.4 is 0 Å². The molecular formula is C21H27N3O2. The van der Waals surface area contributed by atoms with Crippen LogP contribution in [-0.2, 0) is 13.1 Å². The molecule has 1 aliphatic heterocycles. The molecular weight excluding hydrogens is 326 g/mol. The Bertz CT molecular complexity index is 706. The van der Waals surface area contributed by atoms with Crippen molar-refractivity contribution in [1.82, 2.24) is 14.8 Å². The molecule has 0 unspecified atom stereocenters. The molecule has 1 aromatic heterocycles. The molecule has 138 valence electrons. The van der Waals surface area contributed by atoms with Gasteiger partial charge in [0.15, 0.2) is 0 Å². The van der Waals surface area contributed by atoms with Gasteiger partial charge in [-0.15, -0.1) is 0 Å². The molecule has 1 saturated heterocycles. The van der Waals surface area contributed by atoms with Gasteiger partial charge in [0.1, 0.15) is 12.3 Å². The van der Waals surface area contributed by atoms with Gasteiger partial charge >= 0.3 is 0 Å². The highest BCUT2D eigenvalue weighted by Gasteiger charge is 2.29. The summed E-state index contributed by atoms with van der Waals surface area (Å²) in [6.07, 6.45) is 1.74. The first-order chi connectivity index (χ1) is 12.6. The number of piperazine rings is 1. The van der Waals surface area contributed by atoms with Crippen LogP contribution >= 0.6 is 0 Å². The van der Waals surface area contributed by atoms with Gasteiger partial charge in [-0.05, 0) is 31.0 Å². The maximum Gasteiger partial charge on any atom is 0.206 e. The number of aliphatic hydroxyl groups is 1. The minimum absolute atomic E-state index is 0.325. The molecule has 1 aromatic carbocycles. The summed E-state index contributed by atoms with van der Waals surface area (Å²) in [7, 11) is 0. The minimum Gasteiger partial charge on any atom is -0.388 e. The second-order valence-electron chi connectivity index (χ2n) is 7.18. The van der Waals surface area contributed by atoms with Gasteiger partial charge in [-0.1, -0.05) is 36.4 Å². The first-order valence-electron chi connectivity index (χ1n) is 9.18. The number of benzene rings is 1. The number of nitrogens with zero attached hydrogens (tertiary/aromatic N) is 3. The summed E-state index contributed by atoms with van der Waals surface area (Å²) in [4.78, 5) is 20.6. The van der Waals surface area contributed by atoms with Crippen molar-refractivity contribution in [2.24, 2.45) is 0 Å². The average molecular weight is 353 g/mol. The van der Waals surface area contributed by atoms with E-state index >= 15 is 0 Å². The fraction of sp³-hybridized carbons (Fsp3) is 0.429. The summed E-state index contributed by atoms with van der Waals surface area (Å²) in [5.74, 6) is -0.340. The van der Waals surface area contributed by atoms with Gasteiger partial charge < -0.3 is 5.11 Å². The predicted molar refractivity (Wildman–Crippen MR) is 102 cm³/mol. The molecule has 5 heteroatoms. The number of carbonyl (C=O) groups excluding carboxylic acids is 1. The van der Waals surface area contributed by atoms with E-state index in [9.17, 15) is 4.79 Å². The summed E-state index contributed by atoms with van der Waals surface area (Å²) < 4.78 is 0. The first kappa shape index (κ1) is 18.7. The lowest BCUT2D eigenvalue weighted by atomic mass is 10.1. The number of aliphatic hydroxyl groups excluding tert-OH is 1. The second-order valence-corrected chi connectivity index (χ2v) is 7.18. The molecule has 1 fully saturated rings. The van der Waals surface area contributed by atoms with Crippen LogP contribution in [0.2, 0.25) is 0 Å². The molecule has 0 bridgehead atoms. The fourth-order valence-corrected chi connectivity index (χ4v) is 3.72. The molecule has 0 amide bonds. The predicted octanol–water partition coefficient (Wildman–Crippen LogP) is 2.35. The third kappa shape index (κ3) is 4.55. The lowest BCUT2D eigenvalue weighted by Gasteiger charge is -2.44. The third-order valence-corrected chi connectivity index (χ3v) is 5.05. The van der Waals surface area contributed by atoms with Crippen molar-refractivity contribution in [2.75, 3.05) is 19.7 Å². The van der Waals surface area contributed by atoms with Crippen LogP contribution in [0.25, 0.3) is 0 Å². The van der Waals surface area contributed by atoms with Gasteiger partial charge in [0.25, 0.3) is 0 Å². The highest BCUT2D eigenvalue weighted by molar-refractivity contribution is 5.94. The highest BCUT2D eigenvalue weighted by atomic mass is 16.3. The Balaban J connectivity index is 1.59. The van der Waals surface area contributed by atoms with E-state index in [0.29, 0.717) is 17.8 Å². The topological polar surface area (TPSA) is 56.7 Å². The molecule has 1 aliphatic rings. The number of ketones is 1. The first-order valence-corrected chi connectivity index (χ1v) is 9.18. The molecule has 1 N–H and O–H groups in total. The maximum absolute atomic E-state index is 11.5. The Morgan fingerprint density at radius 1 is 1.04 bits per heavy atom. The van der Waals surface area contributed by atoms with Crippen molar-refractivity contribution in [3.05, 3.63) is 65.5 Å². The van der Waals surface area contributed by atoms with Gasteiger partial charge in [-0.3, -0.25) is 19.6 Å². The van der Waals surface area contributed by atoms with Crippen molar-refractivity contribution in [3.8, 4) is 0 Å². The molecule has 2 aromatic rings. The maximum atomic E-state index is 11.5. The normalized spacial score (nSPS) is 21.7. The molecule has 5 nitrogen and oxygen atoms in total. The standard InChI is InChI=1S/C21H27N3O2/c1-16-11-23(13-19-8-9-20(22-10-19)21(26)15-25)12-17(2)24(16)14-18-6-4-3-5-7-18/h3-10,16-17,25H,11-15H2,1-2H3/t16-,17+. The zero-order valence-corrected chi connectivity index (χ0v) is 15.5. The number of Topliss-reactive ketones (excluding diaryl/α,β-unsaturated/α-hetero) is 1. The van der Waals surface area contributed by atoms with Crippen molar-refractivity contribution in [3.63, 3.8) is 0 Å². The smallest absolute Gasteiger partial charge is 0.206 e. The number of rotatable bonds is 6. The third-order valence-electron chi connectivity index (χ3n) is 5.05. The summed E-state index contributed by atoms with van der Waals surface area (Å²) in [5.41, 5.74) is 2.77. The number of aromatic nitrogens is 1. The van der Waals surface area contributed by atoms with Crippen molar-refractivity contribution < 1.29 is 9.90 Å². The van der Waals surface area contributed by atoms with Gasteiger partial charge in [-0.2, -0.15) is 0 Å². The molecule has 0 spiro atoms. The zero-order chi connectivity index (χ0) is 18.5. The Kier molecular flexibility index (Phi) is 6.14. The quantitative estimate of drug-likeness (QED) is 0.808. The molecule has 0 aliphatic carbocycles. The minimum atomic E-state index is -0.495. The van der Waals surface area contributed by atoms with Crippen molar-refractivity contribution in [1.29, 1.82) is 0 Å². The monoisotopic (exact) mass is 353 g/mol. The molecule has 3 rings (SSSR count). The van der Waals surface area contributed by atoms with Gasteiger partial charge in [0.05, 0.1) is 0 Å². The number of hydrogen-bond acceptors (Lipinski definition) is 5. The van der Waals surface area contributed by atoms with E-state index in [4.69, 9.17) is 5.11 Å². The summed E-state index contributed by atoms with van der Waals surface area (Å²) in [6, 6.07) is 15.2. The van der Waals surface area contributed by atoms with Crippen LogP contribution in [0, 0.1) is 0 Å². The van der Waals surface area contributed by atoms with Crippen molar-refractivity contribution in [2.45, 2.75) is 39.0 Å². The van der Waals surface area contributed by atoms with Crippen molar-refractivity contribution >= 4 is 5.78 Å². The number of pyridine rings is 1. The van der Waals surface area contributed by atoms with E-state index in [1.807, 2.05) is 6.07 Å². The molecule has 26 heavy (non-hydrogen) atoms. The van der Waals surface area contributed by atoms with E-state index in [0.717, 1.165) is 31.7 Å². The summed E-state index contributed by atoms with van der Waals surface area (Å²) in [5, 5.41) is 8.91. The SMILES string of the molecule is C[C@@H]1CN(Cc2ccc(C(=O)CO)nc2)C[C@H](C)N1Cc1ccccc1. The fourth-order valence-electron chi connectivity index (χ4n) is 3.72. The molecule has 2 atom stereocenters. The van der Waals surface area contributed by atoms with Crippen LogP contribution in [0.5, 0.6) is 0 Å². The summed E-state index contributed by atoms with van der Waals surface area (Å²) in [6.45, 7) is 7.90. The molecule has 0 radical (unpaired) electrons. The van der Waals surface area contributed by atoms with Gasteiger partial charge in [0.2, 0.25) is 5.78 Å². The van der Waals surface area contributed by atoms with E-state index in [-0.39, 0.29) is 5.78 Å². The van der Waals surface area contributed by atoms with E-state index in [1.165, 1.54) is 5.56 Å². The Hall–Kier alpha value is -2.08. The zero-order valence-electron chi connectivity index (χ0n) is 15.5. The van der Waals surface area contributed by atoms with E-state index < -0.39 is 6.61 Å². The lowest BCUT2D eigenvalue weighted by Crippen LogP contribution is -2.55. The Morgan fingerprint density at radius 3 is 2.31 bits per heavy atom. The summed E-state index contributed by atoms with van der Waals surface area (Å²) >= 11 is 0. The largest absolute Gasteiger partial charge is 0.388 e. The van der Waals surface area contributed by atoms with Crippen LogP contribution in [0.3, 0.4) is 0 Å². The average Bonchev–Trinajstić information content (AvgIpc) is 2.65. The van der Waals surface area contributed by atoms with Crippen LogP contribution in [0.4, 0.5) is 0 Å². The molecule has 2 heterocycles. The second kappa shape index (κ2) is 8.54.